The summed E-state index contributed by atoms with van der Waals surface area (Å²) in [5, 5.41) is 0.0640. The van der Waals surface area contributed by atoms with E-state index in [2.05, 4.69) is 14.7 Å². The number of hydrogen-bond donors (Lipinski definition) is 2. The topological polar surface area (TPSA) is 89.2 Å². The third-order valence-corrected chi connectivity index (χ3v) is 4.54. The second-order valence-corrected chi connectivity index (χ2v) is 6.19. The van der Waals surface area contributed by atoms with Gasteiger partial charge in [0.1, 0.15) is 5.66 Å². The van der Waals surface area contributed by atoms with E-state index in [4.69, 9.17) is 23.1 Å². The largest absolute Gasteiger partial charge is 0.431 e. The predicted octanol–water partition coefficient (Wildman–Crippen LogP) is 3.05. The van der Waals surface area contributed by atoms with Crippen LogP contribution < -0.4 is 21.1 Å². The number of guanidine groups is 2. The van der Waals surface area contributed by atoms with Crippen LogP contribution in [0.25, 0.3) is 0 Å². The molecule has 4 N–H and O–H groups in total. The highest BCUT2D eigenvalue weighted by atomic mass is 35.5. The van der Waals surface area contributed by atoms with E-state index in [1.54, 1.807) is 17.0 Å². The number of hydrogen-bond acceptors (Lipinski definition) is 6. The molecule has 0 radical (unpaired) electrons. The Kier molecular flexibility index (Phi) is 4.49. The van der Waals surface area contributed by atoms with Crippen LogP contribution in [0.2, 0.25) is 5.02 Å². The monoisotopic (exact) mass is 357 g/mol. The molecule has 130 valence electrons. The first-order valence-corrected chi connectivity index (χ1v) is 8.04. The summed E-state index contributed by atoms with van der Waals surface area (Å²) in [5.74, 6) is 0.0303. The fourth-order valence-electron chi connectivity index (χ4n) is 3.35. The van der Waals surface area contributed by atoms with Gasteiger partial charge in [0.25, 0.3) is 0 Å². The van der Waals surface area contributed by atoms with Crippen LogP contribution in [0.5, 0.6) is 5.75 Å². The van der Waals surface area contributed by atoms with Crippen LogP contribution in [0.15, 0.2) is 28.2 Å². The van der Waals surface area contributed by atoms with Crippen LogP contribution in [-0.4, -0.2) is 24.2 Å². The third kappa shape index (κ3) is 2.98. The SMILES string of the molecule is NC1=NC2(CCCCC2)N(c2cccc(Cl)c2OC(F)F)C(N)=N1. The van der Waals surface area contributed by atoms with Crippen molar-refractivity contribution in [3.8, 4) is 5.75 Å². The lowest BCUT2D eigenvalue weighted by molar-refractivity contribution is -0.0495. The van der Waals surface area contributed by atoms with Crippen molar-refractivity contribution in [2.24, 2.45) is 21.5 Å². The van der Waals surface area contributed by atoms with Crippen LogP contribution >= 0.6 is 11.6 Å². The Morgan fingerprint density at radius 1 is 1.21 bits per heavy atom. The van der Waals surface area contributed by atoms with Crippen molar-refractivity contribution in [3.63, 3.8) is 0 Å². The number of anilines is 1. The van der Waals surface area contributed by atoms with E-state index in [9.17, 15) is 8.78 Å². The van der Waals surface area contributed by atoms with Gasteiger partial charge in [0.2, 0.25) is 11.9 Å². The second-order valence-electron chi connectivity index (χ2n) is 5.79. The molecule has 24 heavy (non-hydrogen) atoms. The van der Waals surface area contributed by atoms with E-state index >= 15 is 0 Å². The fourth-order valence-corrected chi connectivity index (χ4v) is 3.56. The van der Waals surface area contributed by atoms with Gasteiger partial charge in [0, 0.05) is 0 Å². The molecule has 1 heterocycles. The standard InChI is InChI=1S/C15H18ClF2N5O/c16-9-5-4-6-10(11(9)24-12(17)18)23-14(20)21-13(19)22-15(23)7-2-1-3-8-15/h4-6,12H,1-3,7-8H2,(H4,19,20,21,22). The van der Waals surface area contributed by atoms with E-state index in [0.717, 1.165) is 19.3 Å². The molecule has 1 aromatic rings. The fraction of sp³-hybridized carbons (Fsp3) is 0.467. The number of rotatable bonds is 3. The Balaban J connectivity index is 2.12. The molecule has 1 fully saturated rings. The first-order valence-electron chi connectivity index (χ1n) is 7.66. The first kappa shape index (κ1) is 16.8. The highest BCUT2D eigenvalue weighted by Crippen LogP contribution is 2.45. The Labute approximate surface area is 143 Å². The molecule has 0 atom stereocenters. The molecule has 1 spiro atoms. The number of benzene rings is 1. The van der Waals surface area contributed by atoms with Crippen LogP contribution in [0, 0.1) is 0 Å². The molecule has 2 aliphatic rings. The minimum Gasteiger partial charge on any atom is -0.431 e. The number of ether oxygens (including phenoxy) is 1. The number of para-hydroxylation sites is 1. The van der Waals surface area contributed by atoms with Gasteiger partial charge in [0.05, 0.1) is 10.7 Å². The Hall–Kier alpha value is -2.09. The van der Waals surface area contributed by atoms with E-state index in [1.165, 1.54) is 6.07 Å². The van der Waals surface area contributed by atoms with Gasteiger partial charge in [-0.05, 0) is 37.8 Å². The van der Waals surface area contributed by atoms with Crippen molar-refractivity contribution in [2.45, 2.75) is 44.4 Å². The highest BCUT2D eigenvalue weighted by Gasteiger charge is 2.44. The summed E-state index contributed by atoms with van der Waals surface area (Å²) in [5.41, 5.74) is 11.4. The van der Waals surface area contributed by atoms with Gasteiger partial charge in [-0.1, -0.05) is 24.1 Å². The molecular weight excluding hydrogens is 340 g/mol. The van der Waals surface area contributed by atoms with Gasteiger partial charge in [-0.25, -0.2) is 4.99 Å². The summed E-state index contributed by atoms with van der Waals surface area (Å²) in [4.78, 5) is 10.1. The summed E-state index contributed by atoms with van der Waals surface area (Å²) in [6, 6.07) is 4.73. The lowest BCUT2D eigenvalue weighted by atomic mass is 9.87. The van der Waals surface area contributed by atoms with Crippen LogP contribution in [0.3, 0.4) is 0 Å². The molecule has 1 aliphatic heterocycles. The summed E-state index contributed by atoms with van der Waals surface area (Å²) >= 11 is 6.07. The molecule has 0 aromatic heterocycles. The Morgan fingerprint density at radius 3 is 2.58 bits per heavy atom. The van der Waals surface area contributed by atoms with Crippen molar-refractivity contribution in [3.05, 3.63) is 23.2 Å². The molecule has 1 aliphatic carbocycles. The maximum absolute atomic E-state index is 12.8. The van der Waals surface area contributed by atoms with Gasteiger partial charge >= 0.3 is 6.61 Å². The van der Waals surface area contributed by atoms with Crippen molar-refractivity contribution in [2.75, 3.05) is 4.90 Å². The van der Waals surface area contributed by atoms with E-state index in [1.807, 2.05) is 0 Å². The van der Waals surface area contributed by atoms with Crippen molar-refractivity contribution in [1.29, 1.82) is 0 Å². The lowest BCUT2D eigenvalue weighted by Crippen LogP contribution is -2.58. The molecule has 0 saturated heterocycles. The molecule has 0 bridgehead atoms. The zero-order valence-electron chi connectivity index (χ0n) is 12.9. The number of aliphatic imine (C=N–C) groups is 2. The van der Waals surface area contributed by atoms with Crippen molar-refractivity contribution < 1.29 is 13.5 Å². The third-order valence-electron chi connectivity index (χ3n) is 4.25. The Bertz CT molecular complexity index is 688. The molecule has 9 heteroatoms. The first-order chi connectivity index (χ1) is 11.4. The minimum atomic E-state index is -3.01. The Morgan fingerprint density at radius 2 is 1.92 bits per heavy atom. The van der Waals surface area contributed by atoms with Crippen molar-refractivity contribution in [1.82, 2.24) is 0 Å². The van der Waals surface area contributed by atoms with Gasteiger partial charge in [-0.3, -0.25) is 4.90 Å². The molecule has 3 rings (SSSR count). The molecule has 6 nitrogen and oxygen atoms in total. The van der Waals surface area contributed by atoms with E-state index in [-0.39, 0.29) is 22.7 Å². The molecule has 1 saturated carbocycles. The normalized spacial score (nSPS) is 20.1. The quantitative estimate of drug-likeness (QED) is 0.870. The number of halogens is 3. The minimum absolute atomic E-state index is 0.0640. The maximum Gasteiger partial charge on any atom is 0.387 e. The lowest BCUT2D eigenvalue weighted by Gasteiger charge is -2.45. The zero-order chi connectivity index (χ0) is 17.3. The predicted molar refractivity (Wildman–Crippen MR) is 89.6 cm³/mol. The summed E-state index contributed by atoms with van der Waals surface area (Å²) < 4.78 is 30.3. The van der Waals surface area contributed by atoms with Gasteiger partial charge in [0.15, 0.2) is 5.75 Å². The molecule has 0 unspecified atom stereocenters. The summed E-state index contributed by atoms with van der Waals surface area (Å²) in [6.45, 7) is -3.01. The average Bonchev–Trinajstić information content (AvgIpc) is 2.50. The summed E-state index contributed by atoms with van der Waals surface area (Å²) in [6.07, 6.45) is 4.28. The van der Waals surface area contributed by atoms with Crippen LogP contribution in [-0.2, 0) is 0 Å². The maximum atomic E-state index is 12.8. The van der Waals surface area contributed by atoms with Crippen molar-refractivity contribution >= 4 is 29.2 Å². The highest BCUT2D eigenvalue weighted by molar-refractivity contribution is 6.32. The second kappa shape index (κ2) is 6.43. The van der Waals surface area contributed by atoms with E-state index in [0.29, 0.717) is 18.5 Å². The van der Waals surface area contributed by atoms with Crippen LogP contribution in [0.4, 0.5) is 14.5 Å². The van der Waals surface area contributed by atoms with Gasteiger partial charge in [-0.15, -0.1) is 0 Å². The number of nitrogens with two attached hydrogens (primary N) is 2. The average molecular weight is 358 g/mol. The van der Waals surface area contributed by atoms with Gasteiger partial charge in [-0.2, -0.15) is 13.8 Å². The number of alkyl halides is 2. The number of nitrogens with zero attached hydrogens (tertiary/aromatic N) is 3. The molecular formula is C15H18ClF2N5O. The van der Waals surface area contributed by atoms with Gasteiger partial charge < -0.3 is 16.2 Å². The molecule has 1 aromatic carbocycles. The van der Waals surface area contributed by atoms with Crippen LogP contribution in [0.1, 0.15) is 32.1 Å². The summed E-state index contributed by atoms with van der Waals surface area (Å²) in [7, 11) is 0. The smallest absolute Gasteiger partial charge is 0.387 e. The zero-order valence-corrected chi connectivity index (χ0v) is 13.6. The van der Waals surface area contributed by atoms with E-state index < -0.39 is 12.3 Å². The molecule has 0 amide bonds.